The summed E-state index contributed by atoms with van der Waals surface area (Å²) in [6.07, 6.45) is 2.09. The lowest BCUT2D eigenvalue weighted by molar-refractivity contribution is 0.184. The van der Waals surface area contributed by atoms with E-state index in [0.717, 1.165) is 17.3 Å². The molecule has 0 fully saturated rings. The molecule has 20 heavy (non-hydrogen) atoms. The van der Waals surface area contributed by atoms with Gasteiger partial charge in [0.25, 0.3) is 0 Å². The van der Waals surface area contributed by atoms with Crippen LogP contribution in [0.1, 0.15) is 25.3 Å². The Hall–Kier alpha value is -0.950. The summed E-state index contributed by atoms with van der Waals surface area (Å²) in [7, 11) is 0.196. The summed E-state index contributed by atoms with van der Waals surface area (Å²) in [5.74, 6) is -0.265. The van der Waals surface area contributed by atoms with Crippen molar-refractivity contribution in [1.29, 1.82) is 0 Å². The van der Waals surface area contributed by atoms with Crippen LogP contribution in [0, 0.1) is 0 Å². The molecule has 5 nitrogen and oxygen atoms in total. The van der Waals surface area contributed by atoms with Gasteiger partial charge in [-0.2, -0.15) is 0 Å². The van der Waals surface area contributed by atoms with E-state index in [1.807, 2.05) is 12.1 Å². The van der Waals surface area contributed by atoms with Crippen LogP contribution >= 0.6 is 0 Å². The Bertz CT molecular complexity index is 583. The third-order valence-corrected chi connectivity index (χ3v) is 5.41. The van der Waals surface area contributed by atoms with E-state index in [1.165, 1.54) is 11.3 Å². The fraction of sp³-hybridized carbons (Fsp3) is 0.571. The third-order valence-electron chi connectivity index (χ3n) is 4.62. The highest BCUT2D eigenvalue weighted by molar-refractivity contribution is 7.85. The number of fused-ring (bicyclic) bond motifs is 1. The molecule has 0 saturated carbocycles. The molecule has 0 bridgehead atoms. The van der Waals surface area contributed by atoms with Crippen molar-refractivity contribution in [3.63, 3.8) is 0 Å². The molecule has 1 atom stereocenters. The van der Waals surface area contributed by atoms with Crippen molar-refractivity contribution in [3.8, 4) is 0 Å². The maximum absolute atomic E-state index is 10.7. The van der Waals surface area contributed by atoms with E-state index in [1.54, 1.807) is 0 Å². The van der Waals surface area contributed by atoms with Gasteiger partial charge >= 0.3 is 0 Å². The second kappa shape index (κ2) is 5.44. The van der Waals surface area contributed by atoms with E-state index in [0.29, 0.717) is 6.42 Å². The number of para-hydroxylation sites is 1. The second-order valence-corrected chi connectivity index (χ2v) is 7.64. The molecule has 0 aliphatic carbocycles. The average Bonchev–Trinajstić information content (AvgIpc) is 2.46. The number of rotatable bonds is 4. The van der Waals surface area contributed by atoms with Crippen LogP contribution in [0.5, 0.6) is 0 Å². The van der Waals surface area contributed by atoms with Crippen LogP contribution in [0.15, 0.2) is 24.3 Å². The van der Waals surface area contributed by atoms with Crippen LogP contribution < -0.4 is 4.48 Å². The lowest BCUT2D eigenvalue weighted by atomic mass is 9.90. The number of quaternary nitrogens is 1. The SMILES string of the molecule is CC1(CCCS(=O)(=O)[O-])Cc2ccccc2[N+]1(C)C.O. The molecule has 1 aromatic carbocycles. The summed E-state index contributed by atoms with van der Waals surface area (Å²) in [4.78, 5) is 0. The van der Waals surface area contributed by atoms with Crippen LogP contribution in [-0.4, -0.2) is 43.8 Å². The van der Waals surface area contributed by atoms with E-state index in [9.17, 15) is 13.0 Å². The number of nitrogens with zero attached hydrogens (tertiary/aromatic N) is 1. The molecule has 0 radical (unpaired) electrons. The molecule has 1 heterocycles. The fourth-order valence-corrected chi connectivity index (χ4v) is 3.60. The molecule has 0 saturated heterocycles. The molecule has 0 amide bonds. The van der Waals surface area contributed by atoms with Crippen molar-refractivity contribution in [2.45, 2.75) is 31.7 Å². The summed E-state index contributed by atoms with van der Waals surface area (Å²) in [6.45, 7) is 2.17. The van der Waals surface area contributed by atoms with Gasteiger partial charge in [-0.3, -0.25) is 4.48 Å². The van der Waals surface area contributed by atoms with E-state index >= 15 is 0 Å². The minimum atomic E-state index is -4.10. The zero-order valence-corrected chi connectivity index (χ0v) is 13.0. The van der Waals surface area contributed by atoms with Gasteiger partial charge in [0, 0.05) is 24.2 Å². The van der Waals surface area contributed by atoms with E-state index in [-0.39, 0.29) is 16.8 Å². The zero-order valence-electron chi connectivity index (χ0n) is 12.2. The van der Waals surface area contributed by atoms with Crippen LogP contribution in [0.4, 0.5) is 5.69 Å². The van der Waals surface area contributed by atoms with Gasteiger partial charge in [0.05, 0.1) is 24.2 Å². The van der Waals surface area contributed by atoms with Gasteiger partial charge in [-0.1, -0.05) is 18.2 Å². The first-order valence-electron chi connectivity index (χ1n) is 6.52. The Morgan fingerprint density at radius 3 is 2.45 bits per heavy atom. The van der Waals surface area contributed by atoms with Gasteiger partial charge in [0.15, 0.2) is 0 Å². The minimum Gasteiger partial charge on any atom is -0.748 e. The number of likely N-dealkylation sites (N-methyl/N-ethyl adjacent to an activating group) is 1. The van der Waals surface area contributed by atoms with Crippen molar-refractivity contribution >= 4 is 15.8 Å². The maximum Gasteiger partial charge on any atom is 0.136 e. The zero-order chi connectivity index (χ0) is 14.3. The first-order valence-corrected chi connectivity index (χ1v) is 8.10. The van der Waals surface area contributed by atoms with Crippen molar-refractivity contribution in [3.05, 3.63) is 29.8 Å². The quantitative estimate of drug-likeness (QED) is 0.615. The smallest absolute Gasteiger partial charge is 0.136 e. The van der Waals surface area contributed by atoms with Gasteiger partial charge in [-0.05, 0) is 19.4 Å². The van der Waals surface area contributed by atoms with Crippen molar-refractivity contribution in [2.24, 2.45) is 0 Å². The predicted molar refractivity (Wildman–Crippen MR) is 79.6 cm³/mol. The average molecular weight is 301 g/mol. The highest BCUT2D eigenvalue weighted by atomic mass is 32.2. The van der Waals surface area contributed by atoms with Gasteiger partial charge in [-0.15, -0.1) is 0 Å². The normalized spacial score (nSPS) is 24.0. The first kappa shape index (κ1) is 17.1. The molecule has 6 heteroatoms. The lowest BCUT2D eigenvalue weighted by Crippen LogP contribution is -2.56. The predicted octanol–water partition coefficient (Wildman–Crippen LogP) is 1.07. The molecule has 1 unspecified atom stereocenters. The highest BCUT2D eigenvalue weighted by Gasteiger charge is 2.49. The summed E-state index contributed by atoms with van der Waals surface area (Å²) in [6, 6.07) is 8.33. The van der Waals surface area contributed by atoms with Crippen molar-refractivity contribution in [1.82, 2.24) is 4.48 Å². The Morgan fingerprint density at radius 1 is 1.30 bits per heavy atom. The second-order valence-electron chi connectivity index (χ2n) is 6.12. The number of benzene rings is 1. The van der Waals surface area contributed by atoms with E-state index in [4.69, 9.17) is 0 Å². The Kier molecular flexibility index (Phi) is 4.65. The van der Waals surface area contributed by atoms with Crippen molar-refractivity contribution in [2.75, 3.05) is 19.8 Å². The summed E-state index contributed by atoms with van der Waals surface area (Å²) in [5.41, 5.74) is 2.56. The molecule has 0 spiro atoms. The third kappa shape index (κ3) is 3.03. The fourth-order valence-electron chi connectivity index (χ4n) is 3.10. The van der Waals surface area contributed by atoms with Gasteiger partial charge in [0.2, 0.25) is 0 Å². The topological polar surface area (TPSA) is 88.7 Å². The standard InChI is InChI=1S/C14H21NO3S.H2O/c1-14(9-6-10-19(16,17)18)11-12-7-4-5-8-13(12)15(14,2)3;/h4-5,7-8H,6,9-11H2,1-3H3;1H2. The Balaban J connectivity index is 0.00000200. The monoisotopic (exact) mass is 301 g/mol. The highest BCUT2D eigenvalue weighted by Crippen LogP contribution is 2.44. The van der Waals surface area contributed by atoms with Crippen LogP contribution in [0.3, 0.4) is 0 Å². The molecular weight excluding hydrogens is 278 g/mol. The molecule has 1 aliphatic heterocycles. The van der Waals surface area contributed by atoms with Crippen LogP contribution in [0.25, 0.3) is 0 Å². The molecule has 2 N–H and O–H groups in total. The lowest BCUT2D eigenvalue weighted by Gasteiger charge is -2.41. The molecule has 114 valence electrons. The maximum atomic E-state index is 10.7. The minimum absolute atomic E-state index is 0. The Morgan fingerprint density at radius 2 is 1.90 bits per heavy atom. The molecule has 0 aromatic heterocycles. The molecule has 1 aromatic rings. The van der Waals surface area contributed by atoms with E-state index in [2.05, 4.69) is 33.2 Å². The van der Waals surface area contributed by atoms with Crippen LogP contribution in [0.2, 0.25) is 0 Å². The molecule has 1 aliphatic rings. The van der Waals surface area contributed by atoms with Gasteiger partial charge < -0.3 is 10.0 Å². The van der Waals surface area contributed by atoms with Gasteiger partial charge in [-0.25, -0.2) is 8.42 Å². The summed E-state index contributed by atoms with van der Waals surface area (Å²) >= 11 is 0. The number of hydrogen-bond acceptors (Lipinski definition) is 3. The number of hydrogen-bond donors (Lipinski definition) is 0. The summed E-state index contributed by atoms with van der Waals surface area (Å²) in [5, 5.41) is 0. The Labute approximate surface area is 120 Å². The first-order chi connectivity index (χ1) is 8.66. The summed E-state index contributed by atoms with van der Waals surface area (Å²) < 4.78 is 32.9. The van der Waals surface area contributed by atoms with Crippen LogP contribution in [-0.2, 0) is 16.5 Å². The van der Waals surface area contributed by atoms with Crippen molar-refractivity contribution < 1.29 is 18.4 Å². The van der Waals surface area contributed by atoms with E-state index < -0.39 is 10.1 Å². The molecule has 2 rings (SSSR count). The largest absolute Gasteiger partial charge is 0.748 e. The molecular formula is C14H23NO4S. The van der Waals surface area contributed by atoms with Gasteiger partial charge in [0.1, 0.15) is 11.2 Å².